The Labute approximate surface area is 124 Å². The number of nitrogens with two attached hydrogens (primary N) is 1. The molecule has 1 atom stereocenters. The first-order valence-electron chi connectivity index (χ1n) is 7.31. The predicted octanol–water partition coefficient (Wildman–Crippen LogP) is 3.12. The summed E-state index contributed by atoms with van der Waals surface area (Å²) in [5.74, 6) is 0.218. The topological polar surface area (TPSA) is 98.3 Å². The Hall–Kier alpha value is -2.11. The number of benzene rings is 1. The van der Waals surface area contributed by atoms with Crippen molar-refractivity contribution in [1.29, 1.82) is 0 Å². The molecule has 0 bridgehead atoms. The number of unbranched alkanes of at least 4 members (excludes halogenated alkanes) is 1. The molecule has 0 fully saturated rings. The zero-order valence-electron chi connectivity index (χ0n) is 12.6. The van der Waals surface area contributed by atoms with Crippen LogP contribution in [-0.4, -0.2) is 17.4 Å². The number of nitrogens with zero attached hydrogens (tertiary/aromatic N) is 1. The molecular weight excluding hydrogens is 270 g/mol. The van der Waals surface area contributed by atoms with Crippen LogP contribution in [0.1, 0.15) is 49.9 Å². The number of nitrogen functional groups attached to an aromatic ring is 1. The van der Waals surface area contributed by atoms with E-state index in [9.17, 15) is 14.9 Å². The number of hydrogen-bond donors (Lipinski definition) is 2. The van der Waals surface area contributed by atoms with Crippen LogP contribution in [-0.2, 0) is 0 Å². The van der Waals surface area contributed by atoms with Crippen molar-refractivity contribution in [1.82, 2.24) is 5.32 Å². The van der Waals surface area contributed by atoms with Gasteiger partial charge in [-0.15, -0.1) is 0 Å². The molecule has 0 saturated heterocycles. The lowest BCUT2D eigenvalue weighted by Crippen LogP contribution is -2.29. The molecule has 0 radical (unpaired) electrons. The molecule has 1 rings (SSSR count). The van der Waals surface area contributed by atoms with Gasteiger partial charge in [-0.05, 0) is 24.5 Å². The number of rotatable bonds is 8. The maximum absolute atomic E-state index is 12.0. The lowest BCUT2D eigenvalue weighted by molar-refractivity contribution is -0.383. The molecular formula is C15H23N3O3. The summed E-state index contributed by atoms with van der Waals surface area (Å²) < 4.78 is 0. The highest BCUT2D eigenvalue weighted by molar-refractivity contribution is 5.95. The molecule has 0 aliphatic carbocycles. The summed E-state index contributed by atoms with van der Waals surface area (Å²) in [7, 11) is 0. The Morgan fingerprint density at radius 2 is 2.14 bits per heavy atom. The Morgan fingerprint density at radius 1 is 1.43 bits per heavy atom. The largest absolute Gasteiger partial charge is 0.393 e. The molecule has 116 valence electrons. The summed E-state index contributed by atoms with van der Waals surface area (Å²) in [5.41, 5.74) is 5.76. The van der Waals surface area contributed by atoms with Gasteiger partial charge in [-0.25, -0.2) is 0 Å². The zero-order chi connectivity index (χ0) is 15.8. The van der Waals surface area contributed by atoms with Crippen molar-refractivity contribution >= 4 is 17.3 Å². The van der Waals surface area contributed by atoms with Crippen molar-refractivity contribution in [2.45, 2.75) is 39.5 Å². The first-order valence-corrected chi connectivity index (χ1v) is 7.31. The molecule has 6 nitrogen and oxygen atoms in total. The minimum Gasteiger partial charge on any atom is -0.393 e. The zero-order valence-corrected chi connectivity index (χ0v) is 12.6. The fourth-order valence-electron chi connectivity index (χ4n) is 2.14. The summed E-state index contributed by atoms with van der Waals surface area (Å²) in [6.45, 7) is 4.87. The number of amides is 1. The van der Waals surface area contributed by atoms with Crippen molar-refractivity contribution in [2.75, 3.05) is 12.3 Å². The van der Waals surface area contributed by atoms with Crippen molar-refractivity contribution in [3.05, 3.63) is 33.9 Å². The minimum atomic E-state index is -0.561. The van der Waals surface area contributed by atoms with Gasteiger partial charge in [-0.3, -0.25) is 14.9 Å². The second-order valence-electron chi connectivity index (χ2n) is 5.16. The molecule has 1 unspecified atom stereocenters. The first kappa shape index (κ1) is 16.9. The maximum Gasteiger partial charge on any atom is 0.292 e. The molecule has 6 heteroatoms. The molecule has 0 aliphatic rings. The van der Waals surface area contributed by atoms with Gasteiger partial charge in [-0.1, -0.05) is 33.1 Å². The smallest absolute Gasteiger partial charge is 0.292 e. The van der Waals surface area contributed by atoms with E-state index in [0.717, 1.165) is 25.7 Å². The number of carbonyl (C=O) groups excluding carboxylic acids is 1. The van der Waals surface area contributed by atoms with Crippen LogP contribution in [0.5, 0.6) is 0 Å². The van der Waals surface area contributed by atoms with E-state index in [1.165, 1.54) is 18.2 Å². The number of hydrogen-bond acceptors (Lipinski definition) is 4. The highest BCUT2D eigenvalue weighted by Gasteiger charge is 2.15. The third kappa shape index (κ3) is 5.06. The summed E-state index contributed by atoms with van der Waals surface area (Å²) >= 11 is 0. The van der Waals surface area contributed by atoms with Gasteiger partial charge in [0.05, 0.1) is 4.92 Å². The minimum absolute atomic E-state index is 0.00525. The third-order valence-corrected chi connectivity index (χ3v) is 3.58. The van der Waals surface area contributed by atoms with Crippen molar-refractivity contribution in [2.24, 2.45) is 5.92 Å². The fourth-order valence-corrected chi connectivity index (χ4v) is 2.14. The third-order valence-electron chi connectivity index (χ3n) is 3.58. The van der Waals surface area contributed by atoms with E-state index in [-0.39, 0.29) is 17.3 Å². The molecule has 0 aromatic heterocycles. The van der Waals surface area contributed by atoms with Gasteiger partial charge in [0.25, 0.3) is 11.6 Å². The lowest BCUT2D eigenvalue weighted by Gasteiger charge is -2.15. The second kappa shape index (κ2) is 8.24. The van der Waals surface area contributed by atoms with E-state index in [4.69, 9.17) is 5.73 Å². The molecule has 0 aliphatic heterocycles. The number of nitro benzene ring substituents is 1. The Balaban J connectivity index is 2.63. The summed E-state index contributed by atoms with van der Waals surface area (Å²) in [6, 6.07) is 4.04. The number of anilines is 1. The van der Waals surface area contributed by atoms with E-state index in [2.05, 4.69) is 19.2 Å². The van der Waals surface area contributed by atoms with Crippen LogP contribution >= 0.6 is 0 Å². The summed E-state index contributed by atoms with van der Waals surface area (Å²) in [4.78, 5) is 22.2. The van der Waals surface area contributed by atoms with E-state index in [1.807, 2.05) is 0 Å². The molecule has 3 N–H and O–H groups in total. The number of nitro groups is 1. The lowest BCUT2D eigenvalue weighted by atomic mass is 9.99. The SMILES string of the molecule is CCCCC(CC)CNC(=O)c1ccc([N+](=O)[O-])c(N)c1. The molecule has 1 aromatic rings. The van der Waals surface area contributed by atoms with Crippen LogP contribution in [0.25, 0.3) is 0 Å². The van der Waals surface area contributed by atoms with Gasteiger partial charge in [0.2, 0.25) is 0 Å². The van der Waals surface area contributed by atoms with Gasteiger partial charge in [0.15, 0.2) is 0 Å². The van der Waals surface area contributed by atoms with Crippen LogP contribution in [0.4, 0.5) is 11.4 Å². The van der Waals surface area contributed by atoms with Gasteiger partial charge in [-0.2, -0.15) is 0 Å². The summed E-state index contributed by atoms with van der Waals surface area (Å²) in [5, 5.41) is 13.6. The maximum atomic E-state index is 12.0. The monoisotopic (exact) mass is 293 g/mol. The van der Waals surface area contributed by atoms with Gasteiger partial charge < -0.3 is 11.1 Å². The molecule has 0 heterocycles. The number of carbonyl (C=O) groups is 1. The average Bonchev–Trinajstić information content (AvgIpc) is 2.46. The normalized spacial score (nSPS) is 11.9. The molecule has 0 spiro atoms. The van der Waals surface area contributed by atoms with Gasteiger partial charge in [0.1, 0.15) is 5.69 Å². The molecule has 1 aromatic carbocycles. The Morgan fingerprint density at radius 3 is 2.67 bits per heavy atom. The van der Waals surface area contributed by atoms with Crippen LogP contribution in [0.3, 0.4) is 0 Å². The fraction of sp³-hybridized carbons (Fsp3) is 0.533. The van der Waals surface area contributed by atoms with Crippen molar-refractivity contribution in [3.8, 4) is 0 Å². The van der Waals surface area contributed by atoms with Gasteiger partial charge in [0, 0.05) is 18.2 Å². The second-order valence-corrected chi connectivity index (χ2v) is 5.16. The van der Waals surface area contributed by atoms with Crippen LogP contribution in [0.15, 0.2) is 18.2 Å². The quantitative estimate of drug-likeness (QED) is 0.437. The molecule has 21 heavy (non-hydrogen) atoms. The highest BCUT2D eigenvalue weighted by Crippen LogP contribution is 2.22. The van der Waals surface area contributed by atoms with Crippen LogP contribution < -0.4 is 11.1 Å². The Kier molecular flexibility index (Phi) is 6.65. The predicted molar refractivity (Wildman–Crippen MR) is 83.1 cm³/mol. The van der Waals surface area contributed by atoms with E-state index in [1.54, 1.807) is 0 Å². The highest BCUT2D eigenvalue weighted by atomic mass is 16.6. The molecule has 1 amide bonds. The van der Waals surface area contributed by atoms with Crippen LogP contribution in [0.2, 0.25) is 0 Å². The Bertz CT molecular complexity index is 503. The average molecular weight is 293 g/mol. The number of nitrogens with one attached hydrogen (secondary N) is 1. The van der Waals surface area contributed by atoms with Gasteiger partial charge >= 0.3 is 0 Å². The van der Waals surface area contributed by atoms with E-state index >= 15 is 0 Å². The first-order chi connectivity index (χ1) is 9.99. The van der Waals surface area contributed by atoms with E-state index < -0.39 is 4.92 Å². The molecule has 0 saturated carbocycles. The van der Waals surface area contributed by atoms with Crippen molar-refractivity contribution < 1.29 is 9.72 Å². The summed E-state index contributed by atoms with van der Waals surface area (Å²) in [6.07, 6.45) is 4.40. The van der Waals surface area contributed by atoms with Crippen molar-refractivity contribution in [3.63, 3.8) is 0 Å². The van der Waals surface area contributed by atoms with Crippen LogP contribution in [0, 0.1) is 16.0 Å². The standard InChI is InChI=1S/C15H23N3O3/c1-3-5-6-11(4-2)10-17-15(19)12-7-8-14(18(20)21)13(16)9-12/h7-9,11H,3-6,10,16H2,1-2H3,(H,17,19). The van der Waals surface area contributed by atoms with E-state index in [0.29, 0.717) is 18.0 Å².